The van der Waals surface area contributed by atoms with Crippen molar-refractivity contribution in [1.29, 1.82) is 10.8 Å². The largest absolute Gasteiger partial charge is 0.427 e. The van der Waals surface area contributed by atoms with Crippen LogP contribution in [0, 0.1) is 35.4 Å². The van der Waals surface area contributed by atoms with E-state index in [4.69, 9.17) is 15.6 Å². The maximum atomic E-state index is 13.4. The number of aryl methyl sites for hydroxylation is 1. The van der Waals surface area contributed by atoms with E-state index >= 15 is 0 Å². The lowest BCUT2D eigenvalue weighted by Gasteiger charge is -2.62. The summed E-state index contributed by atoms with van der Waals surface area (Å²) in [6.45, 7) is 4.03. The van der Waals surface area contributed by atoms with Gasteiger partial charge in [-0.1, -0.05) is 13.0 Å². The number of carbonyl (C=O) groups excluding carboxylic acids is 1. The smallest absolute Gasteiger partial charge is 0.322 e. The van der Waals surface area contributed by atoms with Crippen LogP contribution in [-0.4, -0.2) is 44.3 Å². The molecule has 174 valence electrons. The van der Waals surface area contributed by atoms with Gasteiger partial charge in [-0.2, -0.15) is 0 Å². The molecule has 1 saturated carbocycles. The van der Waals surface area contributed by atoms with Crippen molar-refractivity contribution in [3.63, 3.8) is 0 Å². The molecule has 2 aliphatic heterocycles. The van der Waals surface area contributed by atoms with Gasteiger partial charge in [0.2, 0.25) is 5.90 Å². The van der Waals surface area contributed by atoms with Gasteiger partial charge in [0, 0.05) is 31.1 Å². The summed E-state index contributed by atoms with van der Waals surface area (Å²) in [5.74, 6) is 0.489. The lowest BCUT2D eigenvalue weighted by atomic mass is 9.64. The molecule has 0 radical (unpaired) electrons. The van der Waals surface area contributed by atoms with Crippen LogP contribution in [0.25, 0.3) is 11.4 Å². The Morgan fingerprint density at radius 2 is 2.00 bits per heavy atom. The van der Waals surface area contributed by atoms with E-state index in [2.05, 4.69) is 22.2 Å². The van der Waals surface area contributed by atoms with Gasteiger partial charge in [-0.15, -0.1) is 0 Å². The Labute approximate surface area is 193 Å². The van der Waals surface area contributed by atoms with Gasteiger partial charge in [-0.25, -0.2) is 19.2 Å². The predicted molar refractivity (Wildman–Crippen MR) is 124 cm³/mol. The van der Waals surface area contributed by atoms with E-state index in [-0.39, 0.29) is 31.2 Å². The lowest BCUT2D eigenvalue weighted by Crippen LogP contribution is -2.75. The van der Waals surface area contributed by atoms with Gasteiger partial charge in [0.15, 0.2) is 17.5 Å². The molecule has 1 aromatic carbocycles. The quantitative estimate of drug-likeness (QED) is 0.447. The number of nitrogens with one attached hydrogen (secondary N) is 3. The van der Waals surface area contributed by atoms with Gasteiger partial charge in [0.25, 0.3) is 0 Å². The van der Waals surface area contributed by atoms with E-state index < -0.39 is 11.4 Å². The Balaban J connectivity index is 0.00000274. The van der Waals surface area contributed by atoms with E-state index in [1.54, 1.807) is 17.0 Å². The Kier molecular flexibility index (Phi) is 5.14. The average molecular weight is 453 g/mol. The maximum absolute atomic E-state index is 13.4. The second-order valence-electron chi connectivity index (χ2n) is 9.56. The molecule has 33 heavy (non-hydrogen) atoms. The fourth-order valence-corrected chi connectivity index (χ4v) is 5.18. The summed E-state index contributed by atoms with van der Waals surface area (Å²) in [4.78, 5) is 23.2. The number of fused-ring (bicyclic) bond motifs is 2. The Morgan fingerprint density at radius 3 is 2.70 bits per heavy atom. The Hall–Kier alpha value is -3.36. The molecule has 3 fully saturated rings. The van der Waals surface area contributed by atoms with Gasteiger partial charge < -0.3 is 15.0 Å². The van der Waals surface area contributed by atoms with Gasteiger partial charge in [-0.3, -0.25) is 10.8 Å². The number of benzene rings is 1. The molecule has 3 N–H and O–H groups in total. The van der Waals surface area contributed by atoms with Crippen molar-refractivity contribution in [1.82, 2.24) is 14.9 Å². The molecule has 3 aliphatic rings. The van der Waals surface area contributed by atoms with Crippen LogP contribution in [0.5, 0.6) is 0 Å². The molecule has 2 aromatic rings. The van der Waals surface area contributed by atoms with Crippen LogP contribution < -0.4 is 5.32 Å². The minimum Gasteiger partial charge on any atom is -0.427 e. The van der Waals surface area contributed by atoms with Crippen LogP contribution in [0.3, 0.4) is 0 Å². The highest BCUT2D eigenvalue weighted by atomic mass is 19.1. The first kappa shape index (κ1) is 21.5. The number of urea groups is 1. The van der Waals surface area contributed by atoms with Crippen LogP contribution in [0.1, 0.15) is 46.0 Å². The molecule has 1 aliphatic carbocycles. The number of anilines is 1. The van der Waals surface area contributed by atoms with Gasteiger partial charge in [0.05, 0.1) is 12.4 Å². The second kappa shape index (κ2) is 7.90. The molecule has 2 amide bonds. The average Bonchev–Trinajstić information content (AvgIpc) is 3.60. The molecule has 2 saturated heterocycles. The monoisotopic (exact) mass is 452 g/mol. The highest BCUT2D eigenvalue weighted by molar-refractivity contribution is 6.01. The number of aromatic nitrogens is 2. The SMILES string of the molecule is Cc1ccc(NC(=O)N2C3C[C@H](C)CC2(C(=N)OC(=N)C2CC2)C3)cc1-c1ncc(F)cn1.[HH]. The topological polar surface area (TPSA) is 115 Å². The normalized spacial score (nSPS) is 25.7. The molecule has 5 rings (SSSR count). The third kappa shape index (κ3) is 3.85. The second-order valence-corrected chi connectivity index (χ2v) is 9.56. The zero-order chi connectivity index (χ0) is 23.3. The Bertz CT molecular complexity index is 1140. The zero-order valence-electron chi connectivity index (χ0n) is 18.7. The standard InChI is InChI=1S/C24H27FN6O2.H2/c1-13-7-18-10-24(9-13,22(27)33-20(26)15-4-5-15)31(18)23(32)30-17-6-3-14(2)19(8-17)21-28-11-16(25)12-29-21;/h3,6,8,11-13,15,18,26-27H,4-5,7,9-10H2,1-2H3,(H,30,32);1H/t13-,18?,24?;/m0./s1. The van der Waals surface area contributed by atoms with Crippen molar-refractivity contribution >= 4 is 23.5 Å². The molecule has 2 bridgehead atoms. The maximum Gasteiger partial charge on any atom is 0.322 e. The highest BCUT2D eigenvalue weighted by Crippen LogP contribution is 2.51. The van der Waals surface area contributed by atoms with Crippen LogP contribution in [0.4, 0.5) is 14.9 Å². The van der Waals surface area contributed by atoms with Gasteiger partial charge in [0.1, 0.15) is 5.54 Å². The summed E-state index contributed by atoms with van der Waals surface area (Å²) in [5, 5.41) is 19.7. The van der Waals surface area contributed by atoms with Crippen molar-refractivity contribution < 1.29 is 15.3 Å². The zero-order valence-corrected chi connectivity index (χ0v) is 18.7. The van der Waals surface area contributed by atoms with Crippen molar-refractivity contribution in [3.05, 3.63) is 42.0 Å². The summed E-state index contributed by atoms with van der Waals surface area (Å²) < 4.78 is 18.9. The first-order valence-corrected chi connectivity index (χ1v) is 11.3. The minimum absolute atomic E-state index is 0. The van der Waals surface area contributed by atoms with E-state index in [9.17, 15) is 9.18 Å². The molecule has 8 nitrogen and oxygen atoms in total. The molecule has 2 unspecified atom stereocenters. The molecule has 3 heterocycles. The van der Waals surface area contributed by atoms with Crippen molar-refractivity contribution in [2.45, 2.75) is 57.5 Å². The number of hydrogen-bond donors (Lipinski definition) is 3. The van der Waals surface area contributed by atoms with Crippen molar-refractivity contribution in [3.8, 4) is 11.4 Å². The number of ether oxygens (including phenoxy) is 1. The van der Waals surface area contributed by atoms with Crippen molar-refractivity contribution in [2.24, 2.45) is 11.8 Å². The summed E-state index contributed by atoms with van der Waals surface area (Å²) in [5.41, 5.74) is 1.37. The predicted octanol–water partition coefficient (Wildman–Crippen LogP) is 4.99. The van der Waals surface area contributed by atoms with Crippen LogP contribution in [0.15, 0.2) is 30.6 Å². The highest BCUT2D eigenvalue weighted by Gasteiger charge is 2.62. The number of nitrogens with zero attached hydrogens (tertiary/aromatic N) is 3. The van der Waals surface area contributed by atoms with E-state index in [0.29, 0.717) is 35.8 Å². The molecular formula is C24H29FN6O2. The molecular weight excluding hydrogens is 423 g/mol. The molecule has 3 atom stereocenters. The Morgan fingerprint density at radius 1 is 1.27 bits per heavy atom. The fraction of sp³-hybridized carbons (Fsp3) is 0.458. The minimum atomic E-state index is -0.804. The third-order valence-corrected chi connectivity index (χ3v) is 6.91. The first-order chi connectivity index (χ1) is 15.8. The van der Waals surface area contributed by atoms with E-state index in [1.807, 2.05) is 13.0 Å². The number of amides is 2. The number of halogens is 1. The summed E-state index contributed by atoms with van der Waals surface area (Å²) >= 11 is 0. The van der Waals surface area contributed by atoms with E-state index in [0.717, 1.165) is 37.2 Å². The lowest BCUT2D eigenvalue weighted by molar-refractivity contribution is -0.0540. The van der Waals surface area contributed by atoms with E-state index in [1.165, 1.54) is 0 Å². The molecule has 1 aromatic heterocycles. The fourth-order valence-electron chi connectivity index (χ4n) is 5.18. The number of hydrogen-bond acceptors (Lipinski definition) is 6. The number of rotatable bonds is 4. The third-order valence-electron chi connectivity index (χ3n) is 6.91. The summed E-state index contributed by atoms with van der Waals surface area (Å²) in [6, 6.07) is 5.18. The summed E-state index contributed by atoms with van der Waals surface area (Å²) in [7, 11) is 0. The van der Waals surface area contributed by atoms with Crippen molar-refractivity contribution in [2.75, 3.05) is 5.32 Å². The number of carbonyl (C=O) groups is 1. The molecule has 0 spiro atoms. The first-order valence-electron chi connectivity index (χ1n) is 11.3. The van der Waals surface area contributed by atoms with Crippen LogP contribution in [-0.2, 0) is 4.74 Å². The summed E-state index contributed by atoms with van der Waals surface area (Å²) in [6.07, 6.45) is 6.30. The molecule has 9 heteroatoms. The van der Waals surface area contributed by atoms with Crippen LogP contribution in [0.2, 0.25) is 0 Å². The number of piperidine rings is 1. The van der Waals surface area contributed by atoms with Gasteiger partial charge >= 0.3 is 6.03 Å². The van der Waals surface area contributed by atoms with Gasteiger partial charge in [-0.05, 0) is 56.2 Å². The van der Waals surface area contributed by atoms with Crippen LogP contribution >= 0.6 is 0 Å².